The van der Waals surface area contributed by atoms with Crippen LogP contribution in [0.2, 0.25) is 5.02 Å². The van der Waals surface area contributed by atoms with Crippen LogP contribution < -0.4 is 10.6 Å². The van der Waals surface area contributed by atoms with Gasteiger partial charge in [0.05, 0.1) is 16.1 Å². The number of nitro groups is 1. The molecule has 0 spiro atoms. The molecular weight excluding hydrogens is 409 g/mol. The molecule has 3 atom stereocenters. The van der Waals surface area contributed by atoms with Gasteiger partial charge >= 0.3 is 0 Å². The minimum absolute atomic E-state index is 0.114. The van der Waals surface area contributed by atoms with E-state index in [1.807, 2.05) is 0 Å². The van der Waals surface area contributed by atoms with E-state index in [1.54, 1.807) is 6.07 Å². The first-order chi connectivity index (χ1) is 14.5. The lowest BCUT2D eigenvalue weighted by atomic mass is 10.1. The Morgan fingerprint density at radius 1 is 1.23 bits per heavy atom. The molecular formula is C21H15ClFN5O2. The third kappa shape index (κ3) is 3.32. The predicted octanol–water partition coefficient (Wildman–Crippen LogP) is 3.89. The van der Waals surface area contributed by atoms with Gasteiger partial charge < -0.3 is 10.6 Å². The number of nitrogens with one attached hydrogen (secondary N) is 2. The Bertz CT molecular complexity index is 1250. The molecule has 1 aromatic heterocycles. The first kappa shape index (κ1) is 18.7. The molecule has 30 heavy (non-hydrogen) atoms. The van der Waals surface area contributed by atoms with Crippen molar-refractivity contribution in [3.05, 3.63) is 63.2 Å². The third-order valence-corrected chi connectivity index (χ3v) is 5.83. The Labute approximate surface area is 175 Å². The fourth-order valence-electron chi connectivity index (χ4n) is 3.96. The third-order valence-electron chi connectivity index (χ3n) is 5.60. The van der Waals surface area contributed by atoms with Gasteiger partial charge in [0.1, 0.15) is 23.5 Å². The Hall–Kier alpha value is -3.28. The first-order valence-corrected chi connectivity index (χ1v) is 9.76. The van der Waals surface area contributed by atoms with Gasteiger partial charge in [0.15, 0.2) is 0 Å². The molecule has 0 radical (unpaired) electrons. The minimum atomic E-state index is -0.521. The number of halogens is 2. The van der Waals surface area contributed by atoms with Gasteiger partial charge in [-0.2, -0.15) is 0 Å². The summed E-state index contributed by atoms with van der Waals surface area (Å²) in [6.45, 7) is 1.90. The minimum Gasteiger partial charge on any atom is -0.337 e. The van der Waals surface area contributed by atoms with Gasteiger partial charge in [-0.3, -0.25) is 10.1 Å². The first-order valence-electron chi connectivity index (χ1n) is 9.39. The van der Waals surface area contributed by atoms with Crippen LogP contribution in [-0.4, -0.2) is 28.0 Å². The molecule has 150 valence electrons. The summed E-state index contributed by atoms with van der Waals surface area (Å²) in [6.07, 6.45) is 1.31. The van der Waals surface area contributed by atoms with Gasteiger partial charge in [0, 0.05) is 22.4 Å². The van der Waals surface area contributed by atoms with Gasteiger partial charge in [0.2, 0.25) is 0 Å². The van der Waals surface area contributed by atoms with Crippen molar-refractivity contribution in [3.63, 3.8) is 0 Å². The number of hydrogen-bond donors (Lipinski definition) is 2. The Morgan fingerprint density at radius 3 is 2.80 bits per heavy atom. The van der Waals surface area contributed by atoms with Gasteiger partial charge in [-0.15, -0.1) is 0 Å². The highest BCUT2D eigenvalue weighted by molar-refractivity contribution is 6.30. The van der Waals surface area contributed by atoms with Crippen LogP contribution in [-0.2, 0) is 0 Å². The van der Waals surface area contributed by atoms with Crippen LogP contribution in [0.4, 0.5) is 21.6 Å². The average molecular weight is 424 g/mol. The fourth-order valence-corrected chi connectivity index (χ4v) is 4.13. The van der Waals surface area contributed by atoms with E-state index in [0.29, 0.717) is 33.3 Å². The SMILES string of the molecule is O=[N+]([O-])c1cc2c(Nc3cc(Cl)ccc3F)ncnc2cc1C#CC1C2CNC[C@@H]12. The zero-order valence-electron chi connectivity index (χ0n) is 15.5. The molecule has 3 aromatic rings. The molecule has 2 unspecified atom stereocenters. The lowest BCUT2D eigenvalue weighted by molar-refractivity contribution is -0.385. The summed E-state index contributed by atoms with van der Waals surface area (Å²) in [7, 11) is 0. The highest BCUT2D eigenvalue weighted by Gasteiger charge is 2.51. The van der Waals surface area contributed by atoms with E-state index >= 15 is 0 Å². The van der Waals surface area contributed by atoms with E-state index < -0.39 is 10.7 Å². The molecule has 1 saturated heterocycles. The van der Waals surface area contributed by atoms with Gasteiger partial charge in [-0.05, 0) is 49.2 Å². The highest BCUT2D eigenvalue weighted by atomic mass is 35.5. The van der Waals surface area contributed by atoms with Crippen LogP contribution in [0.15, 0.2) is 36.7 Å². The number of anilines is 2. The van der Waals surface area contributed by atoms with Crippen LogP contribution in [0, 0.1) is 45.5 Å². The fraction of sp³-hybridized carbons (Fsp3) is 0.238. The maximum atomic E-state index is 14.1. The smallest absolute Gasteiger partial charge is 0.285 e. The van der Waals surface area contributed by atoms with Crippen LogP contribution in [0.25, 0.3) is 10.9 Å². The summed E-state index contributed by atoms with van der Waals surface area (Å²) in [4.78, 5) is 19.5. The summed E-state index contributed by atoms with van der Waals surface area (Å²) in [5.41, 5.74) is 0.762. The van der Waals surface area contributed by atoms with E-state index in [1.165, 1.54) is 30.6 Å². The van der Waals surface area contributed by atoms with Gasteiger partial charge in [0.25, 0.3) is 5.69 Å². The quantitative estimate of drug-likeness (QED) is 0.377. The van der Waals surface area contributed by atoms with Crippen LogP contribution >= 0.6 is 11.6 Å². The van der Waals surface area contributed by atoms with Crippen molar-refractivity contribution in [1.29, 1.82) is 0 Å². The molecule has 0 bridgehead atoms. The summed E-state index contributed by atoms with van der Waals surface area (Å²) < 4.78 is 14.1. The lowest BCUT2D eigenvalue weighted by Crippen LogP contribution is -2.13. The molecule has 2 N–H and O–H groups in total. The Morgan fingerprint density at radius 2 is 2.03 bits per heavy atom. The van der Waals surface area contributed by atoms with E-state index in [0.717, 1.165) is 13.1 Å². The summed E-state index contributed by atoms with van der Waals surface area (Å²) in [5, 5.41) is 18.6. The van der Waals surface area contributed by atoms with Crippen molar-refractivity contribution in [2.45, 2.75) is 0 Å². The number of benzene rings is 2. The van der Waals surface area contributed by atoms with E-state index in [9.17, 15) is 14.5 Å². The van der Waals surface area contributed by atoms with Crippen LogP contribution in [0.1, 0.15) is 5.56 Å². The zero-order chi connectivity index (χ0) is 20.8. The maximum absolute atomic E-state index is 14.1. The number of aromatic nitrogens is 2. The Balaban J connectivity index is 1.55. The molecule has 1 aliphatic heterocycles. The molecule has 2 aromatic carbocycles. The van der Waals surface area contributed by atoms with Crippen molar-refractivity contribution in [3.8, 4) is 11.8 Å². The lowest BCUT2D eigenvalue weighted by Gasteiger charge is -2.10. The summed E-state index contributed by atoms with van der Waals surface area (Å²) in [6, 6.07) is 7.03. The van der Waals surface area contributed by atoms with Gasteiger partial charge in [-0.25, -0.2) is 14.4 Å². The number of nitro benzene ring substituents is 1. The highest BCUT2D eigenvalue weighted by Crippen LogP contribution is 2.48. The van der Waals surface area contributed by atoms with Crippen molar-refractivity contribution in [2.24, 2.45) is 17.8 Å². The molecule has 2 heterocycles. The van der Waals surface area contributed by atoms with Crippen molar-refractivity contribution >= 4 is 39.7 Å². The van der Waals surface area contributed by atoms with E-state index in [4.69, 9.17) is 11.6 Å². The zero-order valence-corrected chi connectivity index (χ0v) is 16.3. The molecule has 7 nitrogen and oxygen atoms in total. The topological polar surface area (TPSA) is 93.0 Å². The van der Waals surface area contributed by atoms with Crippen LogP contribution in [0.3, 0.4) is 0 Å². The average Bonchev–Trinajstić information content (AvgIpc) is 3.14. The summed E-state index contributed by atoms with van der Waals surface area (Å²) in [5.74, 6) is 7.27. The second-order valence-electron chi connectivity index (χ2n) is 7.40. The maximum Gasteiger partial charge on any atom is 0.285 e. The van der Waals surface area contributed by atoms with Crippen molar-refractivity contribution in [1.82, 2.24) is 15.3 Å². The van der Waals surface area contributed by atoms with E-state index in [-0.39, 0.29) is 23.1 Å². The normalized spacial score (nSPS) is 21.6. The largest absolute Gasteiger partial charge is 0.337 e. The molecule has 2 fully saturated rings. The van der Waals surface area contributed by atoms with Crippen LogP contribution in [0.5, 0.6) is 0 Å². The summed E-state index contributed by atoms with van der Waals surface area (Å²) >= 11 is 5.94. The second kappa shape index (κ2) is 7.20. The van der Waals surface area contributed by atoms with Crippen molar-refractivity contribution in [2.75, 3.05) is 18.4 Å². The predicted molar refractivity (Wildman–Crippen MR) is 111 cm³/mol. The number of rotatable bonds is 3. The molecule has 5 rings (SSSR count). The molecule has 9 heteroatoms. The number of hydrogen-bond acceptors (Lipinski definition) is 6. The molecule has 0 amide bonds. The number of nitrogens with zero attached hydrogens (tertiary/aromatic N) is 3. The van der Waals surface area contributed by atoms with Gasteiger partial charge in [-0.1, -0.05) is 23.4 Å². The van der Waals surface area contributed by atoms with Crippen molar-refractivity contribution < 1.29 is 9.31 Å². The molecule has 1 saturated carbocycles. The monoisotopic (exact) mass is 423 g/mol. The van der Waals surface area contributed by atoms with E-state index in [2.05, 4.69) is 32.4 Å². The second-order valence-corrected chi connectivity index (χ2v) is 7.83. The number of fused-ring (bicyclic) bond motifs is 2. The molecule has 2 aliphatic rings. The Kier molecular flexibility index (Phi) is 4.50. The number of piperidine rings is 1. The molecule has 1 aliphatic carbocycles. The standard InChI is InChI=1S/C21H15ClFN5O2/c22-12-2-4-17(23)19(6-12)27-21-14-7-20(28(29)30)11(5-18(14)25-10-26-21)1-3-13-15-8-24-9-16(13)15/h2,4-7,10,13,15-16,24H,8-9H2,(H,25,26,27)/t13?,15-,16?/m0/s1.